The number of rotatable bonds is 4. The summed E-state index contributed by atoms with van der Waals surface area (Å²) in [6.45, 7) is 18.3. The lowest BCUT2D eigenvalue weighted by molar-refractivity contribution is 0.0208. The third-order valence-electron chi connectivity index (χ3n) is 5.25. The third-order valence-corrected chi connectivity index (χ3v) is 5.25. The summed E-state index contributed by atoms with van der Waals surface area (Å²) in [7, 11) is 0. The molecule has 2 aliphatic heterocycles. The van der Waals surface area contributed by atoms with Crippen molar-refractivity contribution in [2.75, 3.05) is 45.8 Å². The molecule has 19 heavy (non-hydrogen) atoms. The van der Waals surface area contributed by atoms with E-state index in [0.29, 0.717) is 0 Å². The number of hydrogen-bond donors (Lipinski definition) is 0. The van der Waals surface area contributed by atoms with Gasteiger partial charge in [-0.1, -0.05) is 13.8 Å². The van der Waals surface area contributed by atoms with E-state index in [-0.39, 0.29) is 0 Å². The minimum Gasteiger partial charge on any atom is -0.304 e. The molecule has 2 atom stereocenters. The Balaban J connectivity index is 1.82. The number of piperidine rings is 1. The number of nitrogens with zero attached hydrogens (tertiary/aromatic N) is 3. The van der Waals surface area contributed by atoms with E-state index in [1.807, 2.05) is 0 Å². The predicted molar refractivity (Wildman–Crippen MR) is 82.6 cm³/mol. The maximum absolute atomic E-state index is 2.78. The summed E-state index contributed by atoms with van der Waals surface area (Å²) in [6.07, 6.45) is 2.81. The standard InChI is InChI=1S/C16H33N3/c1-5-17-9-7-16(8-10-17)13-19-14(3)11-18(6-2)12-15(19)4/h14-16H,5-13H2,1-4H3. The van der Waals surface area contributed by atoms with Crippen LogP contribution in [0.3, 0.4) is 0 Å². The summed E-state index contributed by atoms with van der Waals surface area (Å²) in [5, 5.41) is 0. The molecule has 3 heteroatoms. The van der Waals surface area contributed by atoms with Gasteiger partial charge in [0.2, 0.25) is 0 Å². The molecule has 3 nitrogen and oxygen atoms in total. The highest BCUT2D eigenvalue weighted by atomic mass is 15.3. The highest BCUT2D eigenvalue weighted by molar-refractivity contribution is 4.86. The number of likely N-dealkylation sites (N-methyl/N-ethyl adjacent to an activating group) is 1. The third kappa shape index (κ3) is 3.93. The monoisotopic (exact) mass is 267 g/mol. The highest BCUT2D eigenvalue weighted by Gasteiger charge is 2.31. The average Bonchev–Trinajstić information content (AvgIpc) is 2.43. The van der Waals surface area contributed by atoms with Gasteiger partial charge in [-0.05, 0) is 58.8 Å². The first-order valence-electron chi connectivity index (χ1n) is 8.34. The van der Waals surface area contributed by atoms with Gasteiger partial charge >= 0.3 is 0 Å². The molecular weight excluding hydrogens is 234 g/mol. The van der Waals surface area contributed by atoms with Crippen LogP contribution in [0.15, 0.2) is 0 Å². The van der Waals surface area contributed by atoms with Crippen LogP contribution in [-0.4, -0.2) is 72.6 Å². The van der Waals surface area contributed by atoms with E-state index in [9.17, 15) is 0 Å². The summed E-state index contributed by atoms with van der Waals surface area (Å²) >= 11 is 0. The fourth-order valence-electron chi connectivity index (χ4n) is 3.87. The van der Waals surface area contributed by atoms with E-state index in [0.717, 1.165) is 18.0 Å². The summed E-state index contributed by atoms with van der Waals surface area (Å²) < 4.78 is 0. The molecule has 2 fully saturated rings. The number of piperazine rings is 1. The van der Waals surface area contributed by atoms with Crippen molar-refractivity contribution in [1.29, 1.82) is 0 Å². The molecule has 0 aromatic heterocycles. The molecule has 0 aliphatic carbocycles. The molecular formula is C16H33N3. The van der Waals surface area contributed by atoms with E-state index in [1.165, 1.54) is 58.7 Å². The molecule has 0 aromatic rings. The van der Waals surface area contributed by atoms with Crippen molar-refractivity contribution >= 4 is 0 Å². The largest absolute Gasteiger partial charge is 0.304 e. The highest BCUT2D eigenvalue weighted by Crippen LogP contribution is 2.23. The van der Waals surface area contributed by atoms with Crippen LogP contribution in [0, 0.1) is 5.92 Å². The topological polar surface area (TPSA) is 9.72 Å². The van der Waals surface area contributed by atoms with Gasteiger partial charge < -0.3 is 9.80 Å². The van der Waals surface area contributed by atoms with Crippen molar-refractivity contribution in [3.05, 3.63) is 0 Å². The van der Waals surface area contributed by atoms with Crippen molar-refractivity contribution in [3.63, 3.8) is 0 Å². The minimum absolute atomic E-state index is 0.730. The number of hydrogen-bond acceptors (Lipinski definition) is 3. The molecule has 2 unspecified atom stereocenters. The van der Waals surface area contributed by atoms with Crippen LogP contribution in [0.5, 0.6) is 0 Å². The molecule has 0 spiro atoms. The first kappa shape index (κ1) is 15.3. The van der Waals surface area contributed by atoms with Crippen LogP contribution < -0.4 is 0 Å². The molecule has 0 amide bonds. The average molecular weight is 267 g/mol. The van der Waals surface area contributed by atoms with Gasteiger partial charge in [-0.15, -0.1) is 0 Å². The SMILES string of the molecule is CCN1CCC(CN2C(C)CN(CC)CC2C)CC1. The van der Waals surface area contributed by atoms with E-state index < -0.39 is 0 Å². The number of likely N-dealkylation sites (tertiary alicyclic amines) is 1. The fourth-order valence-corrected chi connectivity index (χ4v) is 3.87. The van der Waals surface area contributed by atoms with Crippen LogP contribution >= 0.6 is 0 Å². The fraction of sp³-hybridized carbons (Fsp3) is 1.00. The first-order valence-corrected chi connectivity index (χ1v) is 8.34. The zero-order chi connectivity index (χ0) is 13.8. The Bertz CT molecular complexity index is 249. The normalized spacial score (nSPS) is 32.8. The van der Waals surface area contributed by atoms with Crippen LogP contribution in [0.2, 0.25) is 0 Å². The second-order valence-electron chi connectivity index (χ2n) is 6.62. The molecule has 112 valence electrons. The molecule has 0 radical (unpaired) electrons. The van der Waals surface area contributed by atoms with Gasteiger partial charge in [0.25, 0.3) is 0 Å². The molecule has 2 aliphatic rings. The smallest absolute Gasteiger partial charge is 0.0198 e. The molecule has 0 bridgehead atoms. The predicted octanol–water partition coefficient (Wildman–Crippen LogP) is 2.13. The molecule has 2 rings (SSSR count). The quantitative estimate of drug-likeness (QED) is 0.772. The van der Waals surface area contributed by atoms with Gasteiger partial charge in [-0.25, -0.2) is 0 Å². The van der Waals surface area contributed by atoms with Gasteiger partial charge in [0.1, 0.15) is 0 Å². The minimum atomic E-state index is 0.730. The van der Waals surface area contributed by atoms with E-state index in [1.54, 1.807) is 0 Å². The summed E-state index contributed by atoms with van der Waals surface area (Å²) in [6, 6.07) is 1.46. The maximum Gasteiger partial charge on any atom is 0.0198 e. The molecule has 2 saturated heterocycles. The second kappa shape index (κ2) is 7.05. The summed E-state index contributed by atoms with van der Waals surface area (Å²) in [5.41, 5.74) is 0. The van der Waals surface area contributed by atoms with Crippen molar-refractivity contribution in [1.82, 2.24) is 14.7 Å². The lowest BCUT2D eigenvalue weighted by Gasteiger charge is -2.46. The van der Waals surface area contributed by atoms with Crippen LogP contribution in [0.4, 0.5) is 0 Å². The van der Waals surface area contributed by atoms with Crippen molar-refractivity contribution < 1.29 is 0 Å². The Hall–Kier alpha value is -0.120. The first-order chi connectivity index (χ1) is 9.13. The van der Waals surface area contributed by atoms with E-state index >= 15 is 0 Å². The van der Waals surface area contributed by atoms with Gasteiger partial charge in [-0.3, -0.25) is 4.90 Å². The van der Waals surface area contributed by atoms with Crippen molar-refractivity contribution in [2.24, 2.45) is 5.92 Å². The Morgan fingerprint density at radius 3 is 1.84 bits per heavy atom. The van der Waals surface area contributed by atoms with E-state index in [4.69, 9.17) is 0 Å². The Kier molecular flexibility index (Phi) is 5.67. The van der Waals surface area contributed by atoms with Gasteiger partial charge in [0.15, 0.2) is 0 Å². The lowest BCUT2D eigenvalue weighted by atomic mass is 9.94. The zero-order valence-electron chi connectivity index (χ0n) is 13.4. The van der Waals surface area contributed by atoms with Gasteiger partial charge in [0, 0.05) is 31.7 Å². The van der Waals surface area contributed by atoms with Gasteiger partial charge in [-0.2, -0.15) is 0 Å². The van der Waals surface area contributed by atoms with Crippen molar-refractivity contribution in [2.45, 2.75) is 52.6 Å². The zero-order valence-corrected chi connectivity index (χ0v) is 13.4. The van der Waals surface area contributed by atoms with Crippen LogP contribution in [0.25, 0.3) is 0 Å². The lowest BCUT2D eigenvalue weighted by Crippen LogP contribution is -2.57. The summed E-state index contributed by atoms with van der Waals surface area (Å²) in [5.74, 6) is 0.931. The van der Waals surface area contributed by atoms with E-state index in [2.05, 4.69) is 42.4 Å². The van der Waals surface area contributed by atoms with Crippen molar-refractivity contribution in [3.8, 4) is 0 Å². The molecule has 0 N–H and O–H groups in total. The summed E-state index contributed by atoms with van der Waals surface area (Å²) in [4.78, 5) is 7.97. The Labute approximate surface area is 119 Å². The van der Waals surface area contributed by atoms with Gasteiger partial charge in [0.05, 0.1) is 0 Å². The Morgan fingerprint density at radius 2 is 1.37 bits per heavy atom. The molecule has 2 heterocycles. The molecule has 0 saturated carbocycles. The second-order valence-corrected chi connectivity index (χ2v) is 6.62. The maximum atomic E-state index is 2.78. The Morgan fingerprint density at radius 1 is 0.842 bits per heavy atom. The van der Waals surface area contributed by atoms with Crippen LogP contribution in [0.1, 0.15) is 40.5 Å². The molecule has 0 aromatic carbocycles. The van der Waals surface area contributed by atoms with Crippen LogP contribution in [-0.2, 0) is 0 Å².